The van der Waals surface area contributed by atoms with Gasteiger partial charge in [0.05, 0.1) is 4.88 Å². The van der Waals surface area contributed by atoms with E-state index >= 15 is 0 Å². The van der Waals surface area contributed by atoms with Crippen LogP contribution >= 0.6 is 11.3 Å². The Morgan fingerprint density at radius 1 is 0.880 bits per heavy atom. The Hall–Kier alpha value is -2.58. The molecule has 1 atom stereocenters. The van der Waals surface area contributed by atoms with Crippen molar-refractivity contribution < 1.29 is 4.42 Å². The molecule has 0 amide bonds. The lowest BCUT2D eigenvalue weighted by molar-refractivity contribution is 0.492. The number of hydrogen-bond acceptors (Lipinski definition) is 2. The monoisotopic (exact) mass is 344 g/mol. The molecule has 0 spiro atoms. The van der Waals surface area contributed by atoms with E-state index in [0.717, 1.165) is 17.9 Å². The zero-order valence-corrected chi connectivity index (χ0v) is 15.0. The minimum atomic E-state index is 0.275. The molecule has 2 aromatic heterocycles. The predicted octanol–water partition coefficient (Wildman–Crippen LogP) is 7.22. The third kappa shape index (κ3) is 3.18. The fourth-order valence-electron chi connectivity index (χ4n) is 3.29. The van der Waals surface area contributed by atoms with Crippen LogP contribution in [0.15, 0.2) is 88.7 Å². The number of furan rings is 1. The van der Waals surface area contributed by atoms with Gasteiger partial charge in [-0.15, -0.1) is 11.3 Å². The van der Waals surface area contributed by atoms with E-state index < -0.39 is 0 Å². The first kappa shape index (κ1) is 15.9. The number of benzene rings is 2. The summed E-state index contributed by atoms with van der Waals surface area (Å²) in [7, 11) is 0. The van der Waals surface area contributed by atoms with Crippen molar-refractivity contribution in [3.63, 3.8) is 0 Å². The first-order valence-electron chi connectivity index (χ1n) is 8.64. The summed E-state index contributed by atoms with van der Waals surface area (Å²) in [4.78, 5) is 1.17. The quantitative estimate of drug-likeness (QED) is 0.372. The third-order valence-corrected chi connectivity index (χ3v) is 5.40. The molecule has 2 aromatic carbocycles. The van der Waals surface area contributed by atoms with Crippen molar-refractivity contribution in [2.45, 2.75) is 19.3 Å². The fourth-order valence-corrected chi connectivity index (χ4v) is 4.01. The second-order valence-corrected chi connectivity index (χ2v) is 7.05. The molecule has 124 valence electrons. The van der Waals surface area contributed by atoms with Gasteiger partial charge in [-0.2, -0.15) is 0 Å². The fraction of sp³-hybridized carbons (Fsp3) is 0.130. The summed E-state index contributed by atoms with van der Waals surface area (Å²) in [5.74, 6) is 2.29. The highest BCUT2D eigenvalue weighted by Gasteiger charge is 2.21. The van der Waals surface area contributed by atoms with E-state index in [4.69, 9.17) is 4.42 Å². The Bertz CT molecular complexity index is 921. The Morgan fingerprint density at radius 2 is 1.60 bits per heavy atom. The van der Waals surface area contributed by atoms with E-state index in [1.807, 2.05) is 6.07 Å². The molecule has 1 unspecified atom stereocenters. The molecule has 2 heteroatoms. The summed E-state index contributed by atoms with van der Waals surface area (Å²) < 4.78 is 6.43. The largest absolute Gasteiger partial charge is 0.459 e. The van der Waals surface area contributed by atoms with E-state index in [-0.39, 0.29) is 5.92 Å². The highest BCUT2D eigenvalue weighted by atomic mass is 32.1. The van der Waals surface area contributed by atoms with Crippen LogP contribution in [0.3, 0.4) is 0 Å². The van der Waals surface area contributed by atoms with Crippen LogP contribution in [0.2, 0.25) is 0 Å². The van der Waals surface area contributed by atoms with Gasteiger partial charge in [-0.1, -0.05) is 73.7 Å². The average molecular weight is 344 g/mol. The summed E-state index contributed by atoms with van der Waals surface area (Å²) in [6.07, 6.45) is 1.01. The van der Waals surface area contributed by atoms with Crippen LogP contribution in [0.5, 0.6) is 0 Å². The van der Waals surface area contributed by atoms with Gasteiger partial charge in [0.1, 0.15) is 5.76 Å². The number of thiophene rings is 1. The van der Waals surface area contributed by atoms with Gasteiger partial charge < -0.3 is 4.42 Å². The van der Waals surface area contributed by atoms with Gasteiger partial charge in [-0.05, 0) is 35.1 Å². The van der Waals surface area contributed by atoms with Crippen molar-refractivity contribution in [3.8, 4) is 21.8 Å². The van der Waals surface area contributed by atoms with Crippen molar-refractivity contribution in [2.24, 2.45) is 0 Å². The molecule has 2 heterocycles. The minimum absolute atomic E-state index is 0.275. The molecule has 0 aliphatic rings. The highest BCUT2D eigenvalue weighted by Crippen LogP contribution is 2.41. The maximum Gasteiger partial charge on any atom is 0.152 e. The van der Waals surface area contributed by atoms with Crippen molar-refractivity contribution >= 4 is 11.3 Å². The molecule has 0 saturated carbocycles. The van der Waals surface area contributed by atoms with Crippen LogP contribution in [0, 0.1) is 0 Å². The molecule has 0 fully saturated rings. The van der Waals surface area contributed by atoms with Crippen LogP contribution in [-0.2, 0) is 0 Å². The molecule has 0 saturated heterocycles. The molecule has 0 bridgehead atoms. The lowest BCUT2D eigenvalue weighted by Crippen LogP contribution is -1.97. The molecule has 4 aromatic rings. The van der Waals surface area contributed by atoms with Gasteiger partial charge >= 0.3 is 0 Å². The summed E-state index contributed by atoms with van der Waals surface area (Å²) in [5, 5.41) is 2.10. The number of hydrogen-bond donors (Lipinski definition) is 0. The molecular weight excluding hydrogens is 324 g/mol. The maximum atomic E-state index is 6.43. The molecular formula is C23H20OS. The first-order chi connectivity index (χ1) is 12.4. The summed E-state index contributed by atoms with van der Waals surface area (Å²) in [5.41, 5.74) is 3.67. The smallest absolute Gasteiger partial charge is 0.152 e. The van der Waals surface area contributed by atoms with Crippen molar-refractivity contribution in [1.29, 1.82) is 0 Å². The standard InChI is InChI=1S/C23H20OS/c1-2-19(17-10-5-3-6-11-17)21-16-20(18-12-7-4-8-13-18)23(24-21)22-14-9-15-25-22/h3-16,19H,2H2,1H3. The second-order valence-electron chi connectivity index (χ2n) is 6.11. The van der Waals surface area contributed by atoms with E-state index in [1.165, 1.54) is 21.6 Å². The summed E-state index contributed by atoms with van der Waals surface area (Å²) >= 11 is 1.72. The van der Waals surface area contributed by atoms with Crippen molar-refractivity contribution in [2.75, 3.05) is 0 Å². The van der Waals surface area contributed by atoms with Gasteiger partial charge in [-0.25, -0.2) is 0 Å². The molecule has 0 radical (unpaired) electrons. The van der Waals surface area contributed by atoms with E-state index in [1.54, 1.807) is 11.3 Å². The maximum absolute atomic E-state index is 6.43. The Balaban J connectivity index is 1.85. The van der Waals surface area contributed by atoms with Crippen molar-refractivity contribution in [3.05, 3.63) is 95.6 Å². The van der Waals surface area contributed by atoms with Crippen LogP contribution in [0.4, 0.5) is 0 Å². The molecule has 0 aliphatic heterocycles. The van der Waals surface area contributed by atoms with Crippen molar-refractivity contribution in [1.82, 2.24) is 0 Å². The Kier molecular flexibility index (Phi) is 4.53. The van der Waals surface area contributed by atoms with E-state index in [0.29, 0.717) is 0 Å². The first-order valence-corrected chi connectivity index (χ1v) is 9.52. The molecule has 1 nitrogen and oxygen atoms in total. The lowest BCUT2D eigenvalue weighted by Gasteiger charge is -2.12. The SMILES string of the molecule is CCC(c1ccccc1)c1cc(-c2ccccc2)c(-c2cccs2)o1. The zero-order valence-electron chi connectivity index (χ0n) is 14.2. The Morgan fingerprint density at radius 3 is 2.24 bits per heavy atom. The van der Waals surface area contributed by atoms with E-state index in [9.17, 15) is 0 Å². The van der Waals surface area contributed by atoms with Crippen LogP contribution in [-0.4, -0.2) is 0 Å². The van der Waals surface area contributed by atoms with Gasteiger partial charge in [-0.3, -0.25) is 0 Å². The zero-order chi connectivity index (χ0) is 17.1. The minimum Gasteiger partial charge on any atom is -0.459 e. The van der Waals surface area contributed by atoms with E-state index in [2.05, 4.69) is 85.1 Å². The Labute approximate surface area is 152 Å². The van der Waals surface area contributed by atoms with Gasteiger partial charge in [0.2, 0.25) is 0 Å². The van der Waals surface area contributed by atoms with Gasteiger partial charge in [0.15, 0.2) is 5.76 Å². The molecule has 0 N–H and O–H groups in total. The molecule has 25 heavy (non-hydrogen) atoms. The van der Waals surface area contributed by atoms with Gasteiger partial charge in [0, 0.05) is 11.5 Å². The molecule has 4 rings (SSSR count). The topological polar surface area (TPSA) is 13.1 Å². The second kappa shape index (κ2) is 7.12. The van der Waals surface area contributed by atoms with Crippen LogP contribution < -0.4 is 0 Å². The third-order valence-electron chi connectivity index (χ3n) is 4.53. The van der Waals surface area contributed by atoms with Gasteiger partial charge in [0.25, 0.3) is 0 Å². The lowest BCUT2D eigenvalue weighted by atomic mass is 9.93. The normalized spacial score (nSPS) is 12.2. The van der Waals surface area contributed by atoms with Crippen LogP contribution in [0.25, 0.3) is 21.8 Å². The highest BCUT2D eigenvalue weighted by molar-refractivity contribution is 7.13. The number of rotatable bonds is 5. The predicted molar refractivity (Wildman–Crippen MR) is 106 cm³/mol. The average Bonchev–Trinajstić information content (AvgIpc) is 3.34. The van der Waals surface area contributed by atoms with Crippen LogP contribution in [0.1, 0.15) is 30.6 Å². The molecule has 0 aliphatic carbocycles. The summed E-state index contributed by atoms with van der Waals surface area (Å²) in [6.45, 7) is 2.22. The summed E-state index contributed by atoms with van der Waals surface area (Å²) in [6, 6.07) is 27.6.